The third kappa shape index (κ3) is 3.72. The summed E-state index contributed by atoms with van der Waals surface area (Å²) >= 11 is 0. The van der Waals surface area contributed by atoms with Crippen LogP contribution in [0.15, 0.2) is 12.4 Å². The molecule has 0 saturated carbocycles. The molecule has 1 fully saturated rings. The van der Waals surface area contributed by atoms with E-state index in [1.54, 1.807) is 0 Å². The van der Waals surface area contributed by atoms with Crippen molar-refractivity contribution in [3.63, 3.8) is 0 Å². The number of nitrogens with zero attached hydrogens (tertiary/aromatic N) is 5. The minimum Gasteiger partial charge on any atom is -0.367 e. The Labute approximate surface area is 130 Å². The van der Waals surface area contributed by atoms with Crippen LogP contribution in [0.5, 0.6) is 0 Å². The lowest BCUT2D eigenvalue weighted by molar-refractivity contribution is -0.0343. The smallest absolute Gasteiger partial charge is 0.180 e. The van der Waals surface area contributed by atoms with Crippen LogP contribution >= 0.6 is 0 Å². The summed E-state index contributed by atoms with van der Waals surface area (Å²) in [6.07, 6.45) is 7.09. The van der Waals surface area contributed by atoms with Crippen molar-refractivity contribution in [3.05, 3.63) is 29.6 Å². The number of rotatable bonds is 6. The summed E-state index contributed by atoms with van der Waals surface area (Å²) < 4.78 is 7.68. The van der Waals surface area contributed by atoms with Crippen LogP contribution in [0.1, 0.15) is 36.7 Å². The first-order valence-corrected chi connectivity index (χ1v) is 7.97. The van der Waals surface area contributed by atoms with Crippen molar-refractivity contribution in [2.75, 3.05) is 26.2 Å². The molecule has 120 valence electrons. The van der Waals surface area contributed by atoms with E-state index in [2.05, 4.69) is 38.3 Å². The molecule has 0 amide bonds. The average molecular weight is 304 g/mol. The summed E-state index contributed by atoms with van der Waals surface area (Å²) in [7, 11) is 1.96. The number of hydrogen-bond acceptors (Lipinski definition) is 5. The van der Waals surface area contributed by atoms with Gasteiger partial charge in [-0.2, -0.15) is 10.2 Å². The molecule has 7 nitrogen and oxygen atoms in total. The Bertz CT molecular complexity index is 592. The normalized spacial score (nSPS) is 19.6. The van der Waals surface area contributed by atoms with E-state index in [4.69, 9.17) is 4.74 Å². The summed E-state index contributed by atoms with van der Waals surface area (Å²) in [4.78, 5) is 6.93. The van der Waals surface area contributed by atoms with Gasteiger partial charge in [0.1, 0.15) is 11.9 Å². The zero-order chi connectivity index (χ0) is 15.4. The molecule has 22 heavy (non-hydrogen) atoms. The second kappa shape index (κ2) is 7.02. The van der Waals surface area contributed by atoms with Gasteiger partial charge >= 0.3 is 0 Å². The molecule has 0 unspecified atom stereocenters. The van der Waals surface area contributed by atoms with Crippen molar-refractivity contribution < 1.29 is 4.74 Å². The Morgan fingerprint density at radius 2 is 2.36 bits per heavy atom. The zero-order valence-electron chi connectivity index (χ0n) is 13.3. The molecule has 1 aliphatic heterocycles. The number of nitrogens with one attached hydrogen (secondary N) is 1. The number of H-pyrrole nitrogens is 1. The van der Waals surface area contributed by atoms with E-state index < -0.39 is 0 Å². The molecule has 0 spiro atoms. The number of aryl methyl sites for hydroxylation is 3. The van der Waals surface area contributed by atoms with E-state index in [0.29, 0.717) is 0 Å². The van der Waals surface area contributed by atoms with E-state index in [1.165, 1.54) is 5.56 Å². The molecule has 0 bridgehead atoms. The number of aromatic amines is 1. The third-order valence-corrected chi connectivity index (χ3v) is 4.02. The Morgan fingerprint density at radius 3 is 3.09 bits per heavy atom. The van der Waals surface area contributed by atoms with Gasteiger partial charge in [0.15, 0.2) is 5.82 Å². The van der Waals surface area contributed by atoms with Crippen molar-refractivity contribution in [1.29, 1.82) is 0 Å². The van der Waals surface area contributed by atoms with Crippen LogP contribution < -0.4 is 0 Å². The van der Waals surface area contributed by atoms with Gasteiger partial charge in [-0.1, -0.05) is 6.92 Å². The first-order valence-electron chi connectivity index (χ1n) is 7.97. The maximum atomic E-state index is 5.82. The molecule has 0 aromatic carbocycles. The topological polar surface area (TPSA) is 71.9 Å². The largest absolute Gasteiger partial charge is 0.367 e. The van der Waals surface area contributed by atoms with Crippen LogP contribution in [0.2, 0.25) is 0 Å². The van der Waals surface area contributed by atoms with Gasteiger partial charge in [-0.05, 0) is 24.9 Å². The Hall–Kier alpha value is -1.73. The van der Waals surface area contributed by atoms with Crippen molar-refractivity contribution in [1.82, 2.24) is 29.9 Å². The fourth-order valence-electron chi connectivity index (χ4n) is 2.78. The quantitative estimate of drug-likeness (QED) is 0.865. The Balaban J connectivity index is 1.48. The number of aromatic nitrogens is 5. The van der Waals surface area contributed by atoms with Crippen LogP contribution in [0.4, 0.5) is 0 Å². The van der Waals surface area contributed by atoms with Crippen LogP contribution in [0, 0.1) is 0 Å². The maximum absolute atomic E-state index is 5.82. The first-order chi connectivity index (χ1) is 10.7. The zero-order valence-corrected chi connectivity index (χ0v) is 13.3. The third-order valence-electron chi connectivity index (χ3n) is 4.02. The predicted molar refractivity (Wildman–Crippen MR) is 82.4 cm³/mol. The molecular formula is C15H24N6O. The molecule has 7 heteroatoms. The SMILES string of the molecule is CCc1nc([C@@H]2CN(CCCc3cnn(C)c3)CCO2)n[nH]1. The van der Waals surface area contributed by atoms with Crippen molar-refractivity contribution in [3.8, 4) is 0 Å². The van der Waals surface area contributed by atoms with Gasteiger partial charge < -0.3 is 4.74 Å². The van der Waals surface area contributed by atoms with Crippen LogP contribution in [-0.4, -0.2) is 56.1 Å². The lowest BCUT2D eigenvalue weighted by atomic mass is 10.2. The van der Waals surface area contributed by atoms with Gasteiger partial charge in [0.25, 0.3) is 0 Å². The Morgan fingerprint density at radius 1 is 1.45 bits per heavy atom. The molecular weight excluding hydrogens is 280 g/mol. The van der Waals surface area contributed by atoms with Gasteiger partial charge in [0.2, 0.25) is 0 Å². The second-order valence-electron chi connectivity index (χ2n) is 5.78. The number of ether oxygens (including phenoxy) is 1. The number of hydrogen-bond donors (Lipinski definition) is 1. The molecule has 0 aliphatic carbocycles. The van der Waals surface area contributed by atoms with Crippen LogP contribution in [0.3, 0.4) is 0 Å². The molecule has 2 aromatic heterocycles. The summed E-state index contributed by atoms with van der Waals surface area (Å²) in [5.41, 5.74) is 1.30. The molecule has 3 rings (SSSR count). The average Bonchev–Trinajstić information content (AvgIpc) is 3.16. The highest BCUT2D eigenvalue weighted by Crippen LogP contribution is 2.19. The number of morpholine rings is 1. The first kappa shape index (κ1) is 15.2. The molecule has 1 atom stereocenters. The van der Waals surface area contributed by atoms with E-state index in [9.17, 15) is 0 Å². The van der Waals surface area contributed by atoms with Gasteiger partial charge in [0, 0.05) is 32.8 Å². The Kier molecular flexibility index (Phi) is 4.84. The van der Waals surface area contributed by atoms with E-state index >= 15 is 0 Å². The fourth-order valence-corrected chi connectivity index (χ4v) is 2.78. The summed E-state index contributed by atoms with van der Waals surface area (Å²) in [5.74, 6) is 1.71. The monoisotopic (exact) mass is 304 g/mol. The van der Waals surface area contributed by atoms with E-state index in [0.717, 1.165) is 57.2 Å². The van der Waals surface area contributed by atoms with E-state index in [1.807, 2.05) is 17.9 Å². The highest BCUT2D eigenvalue weighted by atomic mass is 16.5. The van der Waals surface area contributed by atoms with E-state index in [-0.39, 0.29) is 6.10 Å². The highest BCUT2D eigenvalue weighted by molar-refractivity contribution is 5.03. The van der Waals surface area contributed by atoms with Gasteiger partial charge in [-0.15, -0.1) is 0 Å². The molecule has 0 radical (unpaired) electrons. The fraction of sp³-hybridized carbons (Fsp3) is 0.667. The predicted octanol–water partition coefficient (Wildman–Crippen LogP) is 1.11. The summed E-state index contributed by atoms with van der Waals surface area (Å²) in [5, 5.41) is 11.4. The molecule has 1 saturated heterocycles. The van der Waals surface area contributed by atoms with Gasteiger partial charge in [-0.3, -0.25) is 14.7 Å². The lowest BCUT2D eigenvalue weighted by Gasteiger charge is -2.31. The lowest BCUT2D eigenvalue weighted by Crippen LogP contribution is -2.39. The minimum absolute atomic E-state index is 0.0105. The van der Waals surface area contributed by atoms with Crippen LogP contribution in [-0.2, 0) is 24.6 Å². The highest BCUT2D eigenvalue weighted by Gasteiger charge is 2.24. The van der Waals surface area contributed by atoms with Crippen molar-refractivity contribution >= 4 is 0 Å². The second-order valence-corrected chi connectivity index (χ2v) is 5.78. The molecule has 1 N–H and O–H groups in total. The van der Waals surface area contributed by atoms with Gasteiger partial charge in [-0.25, -0.2) is 4.98 Å². The van der Waals surface area contributed by atoms with Crippen molar-refractivity contribution in [2.24, 2.45) is 7.05 Å². The van der Waals surface area contributed by atoms with Gasteiger partial charge in [0.05, 0.1) is 12.8 Å². The minimum atomic E-state index is -0.0105. The maximum Gasteiger partial charge on any atom is 0.180 e. The van der Waals surface area contributed by atoms with Crippen molar-refractivity contribution in [2.45, 2.75) is 32.3 Å². The standard InChI is InChI=1S/C15H24N6O/c1-3-14-17-15(19-18-14)13-11-21(7-8-22-13)6-4-5-12-9-16-20(2)10-12/h9-10,13H,3-8,11H2,1-2H3,(H,17,18,19)/t13-/m0/s1. The molecule has 3 heterocycles. The molecule has 2 aromatic rings. The summed E-state index contributed by atoms with van der Waals surface area (Å²) in [6, 6.07) is 0. The molecule has 1 aliphatic rings. The van der Waals surface area contributed by atoms with Crippen LogP contribution in [0.25, 0.3) is 0 Å². The summed E-state index contributed by atoms with van der Waals surface area (Å²) in [6.45, 7) is 5.73.